The van der Waals surface area contributed by atoms with E-state index < -0.39 is 0 Å². The maximum Gasteiger partial charge on any atom is 0.264 e. The number of aromatic nitrogens is 4. The number of hydrogen-bond donors (Lipinski definition) is 1. The van der Waals surface area contributed by atoms with Gasteiger partial charge in [0.25, 0.3) is 5.56 Å². The molecule has 7 nitrogen and oxygen atoms in total. The molecule has 1 aliphatic rings. The zero-order chi connectivity index (χ0) is 17.9. The van der Waals surface area contributed by atoms with Gasteiger partial charge in [-0.2, -0.15) is 5.10 Å². The molecule has 0 spiro atoms. The van der Waals surface area contributed by atoms with Crippen LogP contribution < -0.4 is 10.9 Å². The molecule has 1 N–H and O–H groups in total. The minimum Gasteiger partial charge on any atom is -0.353 e. The van der Waals surface area contributed by atoms with Crippen molar-refractivity contribution < 1.29 is 4.79 Å². The van der Waals surface area contributed by atoms with Gasteiger partial charge in [0.15, 0.2) is 5.65 Å². The SMILES string of the molecule is O=C(CCn1cnc2c(cnn2-c2ccccc2)c1=O)NC1CCCC1. The van der Waals surface area contributed by atoms with Crippen LogP contribution in [0, 0.1) is 0 Å². The highest BCUT2D eigenvalue weighted by Crippen LogP contribution is 2.17. The summed E-state index contributed by atoms with van der Waals surface area (Å²) in [7, 11) is 0. The molecule has 0 unspecified atom stereocenters. The number of carbonyl (C=O) groups is 1. The molecule has 1 aromatic carbocycles. The predicted octanol–water partition coefficient (Wildman–Crippen LogP) is 2.03. The lowest BCUT2D eigenvalue weighted by molar-refractivity contribution is -0.122. The molecule has 0 bridgehead atoms. The van der Waals surface area contributed by atoms with Crippen LogP contribution in [0.1, 0.15) is 32.1 Å². The highest BCUT2D eigenvalue weighted by atomic mass is 16.2. The first-order valence-electron chi connectivity index (χ1n) is 9.00. The molecule has 0 radical (unpaired) electrons. The quantitative estimate of drug-likeness (QED) is 0.762. The lowest BCUT2D eigenvalue weighted by atomic mass is 10.2. The van der Waals surface area contributed by atoms with Crippen LogP contribution in [0.5, 0.6) is 0 Å². The Hall–Kier alpha value is -2.96. The van der Waals surface area contributed by atoms with Crippen molar-refractivity contribution in [1.29, 1.82) is 0 Å². The van der Waals surface area contributed by atoms with Gasteiger partial charge >= 0.3 is 0 Å². The van der Waals surface area contributed by atoms with Gasteiger partial charge in [-0.25, -0.2) is 9.67 Å². The highest BCUT2D eigenvalue weighted by molar-refractivity contribution is 5.76. The van der Waals surface area contributed by atoms with Crippen molar-refractivity contribution in [3.05, 3.63) is 53.2 Å². The molecular formula is C19H21N5O2. The zero-order valence-corrected chi connectivity index (χ0v) is 14.5. The maximum absolute atomic E-state index is 12.7. The van der Waals surface area contributed by atoms with Gasteiger partial charge in [-0.15, -0.1) is 0 Å². The largest absolute Gasteiger partial charge is 0.353 e. The Bertz CT molecular complexity index is 971. The molecule has 2 aromatic heterocycles. The smallest absolute Gasteiger partial charge is 0.264 e. The van der Waals surface area contributed by atoms with Crippen LogP contribution >= 0.6 is 0 Å². The van der Waals surface area contributed by atoms with Gasteiger partial charge in [-0.3, -0.25) is 14.2 Å². The fourth-order valence-electron chi connectivity index (χ4n) is 3.46. The van der Waals surface area contributed by atoms with Crippen LogP contribution in [0.4, 0.5) is 0 Å². The molecule has 3 aromatic rings. The molecule has 0 atom stereocenters. The van der Waals surface area contributed by atoms with Gasteiger partial charge in [0.1, 0.15) is 5.39 Å². The summed E-state index contributed by atoms with van der Waals surface area (Å²) in [5.41, 5.74) is 1.20. The third-order valence-corrected chi connectivity index (χ3v) is 4.86. The summed E-state index contributed by atoms with van der Waals surface area (Å²) < 4.78 is 3.13. The number of amides is 1. The van der Waals surface area contributed by atoms with E-state index in [2.05, 4.69) is 15.4 Å². The van der Waals surface area contributed by atoms with Crippen molar-refractivity contribution in [3.63, 3.8) is 0 Å². The fourth-order valence-corrected chi connectivity index (χ4v) is 3.46. The fraction of sp³-hybridized carbons (Fsp3) is 0.368. The number of fused-ring (bicyclic) bond motifs is 1. The van der Waals surface area contributed by atoms with E-state index in [1.165, 1.54) is 29.9 Å². The van der Waals surface area contributed by atoms with Crippen LogP contribution in [-0.2, 0) is 11.3 Å². The number of rotatable bonds is 5. The monoisotopic (exact) mass is 351 g/mol. The van der Waals surface area contributed by atoms with Crippen LogP contribution in [0.15, 0.2) is 47.7 Å². The van der Waals surface area contributed by atoms with Crippen LogP contribution in [0.3, 0.4) is 0 Å². The Morgan fingerprint density at radius 3 is 2.73 bits per heavy atom. The topological polar surface area (TPSA) is 81.8 Å². The number of nitrogens with zero attached hydrogens (tertiary/aromatic N) is 4. The van der Waals surface area contributed by atoms with E-state index in [4.69, 9.17) is 0 Å². The van der Waals surface area contributed by atoms with Crippen molar-refractivity contribution in [2.45, 2.75) is 44.7 Å². The molecule has 1 amide bonds. The number of carbonyl (C=O) groups excluding carboxylic acids is 1. The average molecular weight is 351 g/mol. The number of nitrogens with one attached hydrogen (secondary N) is 1. The van der Waals surface area contributed by atoms with Crippen LogP contribution in [-0.4, -0.2) is 31.3 Å². The molecule has 4 rings (SSSR count). The summed E-state index contributed by atoms with van der Waals surface area (Å²) in [5.74, 6) is -0.0103. The van der Waals surface area contributed by atoms with Crippen molar-refractivity contribution >= 4 is 16.9 Å². The van der Waals surface area contributed by atoms with E-state index in [1.54, 1.807) is 4.68 Å². The Balaban J connectivity index is 1.51. The normalized spacial score (nSPS) is 14.8. The molecule has 0 saturated heterocycles. The molecule has 1 fully saturated rings. The Labute approximate surface area is 150 Å². The van der Waals surface area contributed by atoms with Crippen LogP contribution in [0.2, 0.25) is 0 Å². The third-order valence-electron chi connectivity index (χ3n) is 4.86. The summed E-state index contributed by atoms with van der Waals surface area (Å²) in [6.45, 7) is 0.316. The molecule has 1 saturated carbocycles. The molecule has 134 valence electrons. The lowest BCUT2D eigenvalue weighted by Crippen LogP contribution is -2.34. The number of para-hydroxylation sites is 1. The molecule has 26 heavy (non-hydrogen) atoms. The highest BCUT2D eigenvalue weighted by Gasteiger charge is 2.17. The Morgan fingerprint density at radius 1 is 1.19 bits per heavy atom. The van der Waals surface area contributed by atoms with E-state index in [1.807, 2.05) is 30.3 Å². The first-order valence-corrected chi connectivity index (χ1v) is 9.00. The zero-order valence-electron chi connectivity index (χ0n) is 14.5. The van der Waals surface area contributed by atoms with Gasteiger partial charge < -0.3 is 5.32 Å². The standard InChI is InChI=1S/C19H21N5O2/c25-17(22-14-6-4-5-7-14)10-11-23-13-20-18-16(19(23)26)12-21-24(18)15-8-2-1-3-9-15/h1-3,8-9,12-14H,4-7,10-11H2,(H,22,25). The molecule has 7 heteroatoms. The lowest BCUT2D eigenvalue weighted by Gasteiger charge is -2.12. The average Bonchev–Trinajstić information content (AvgIpc) is 3.32. The van der Waals surface area contributed by atoms with Gasteiger partial charge in [-0.05, 0) is 25.0 Å². The minimum atomic E-state index is -0.175. The van der Waals surface area contributed by atoms with E-state index in [0.717, 1.165) is 18.5 Å². The van der Waals surface area contributed by atoms with Crippen molar-refractivity contribution in [2.24, 2.45) is 0 Å². The summed E-state index contributed by atoms with van der Waals surface area (Å²) in [5, 5.41) is 7.78. The number of benzene rings is 1. The first kappa shape index (κ1) is 16.5. The summed E-state index contributed by atoms with van der Waals surface area (Å²) in [6.07, 6.45) is 7.76. The van der Waals surface area contributed by atoms with Gasteiger partial charge in [0.2, 0.25) is 5.91 Å². The van der Waals surface area contributed by atoms with Gasteiger partial charge in [0.05, 0.1) is 18.2 Å². The Kier molecular flexibility index (Phi) is 4.51. The van der Waals surface area contributed by atoms with Crippen molar-refractivity contribution in [2.75, 3.05) is 0 Å². The molecule has 0 aliphatic heterocycles. The second-order valence-electron chi connectivity index (χ2n) is 6.67. The summed E-state index contributed by atoms with van der Waals surface area (Å²) >= 11 is 0. The van der Waals surface area contributed by atoms with E-state index in [9.17, 15) is 9.59 Å². The number of aryl methyl sites for hydroxylation is 1. The van der Waals surface area contributed by atoms with Crippen LogP contribution in [0.25, 0.3) is 16.7 Å². The summed E-state index contributed by atoms with van der Waals surface area (Å²) in [4.78, 5) is 29.1. The maximum atomic E-state index is 12.7. The van der Waals surface area contributed by atoms with Crippen molar-refractivity contribution in [3.8, 4) is 5.69 Å². The number of hydrogen-bond acceptors (Lipinski definition) is 4. The Morgan fingerprint density at radius 2 is 1.96 bits per heavy atom. The first-order chi connectivity index (χ1) is 12.7. The van der Waals surface area contributed by atoms with Gasteiger partial charge in [0, 0.05) is 19.0 Å². The second-order valence-corrected chi connectivity index (χ2v) is 6.67. The van der Waals surface area contributed by atoms with Gasteiger partial charge in [-0.1, -0.05) is 31.0 Å². The minimum absolute atomic E-state index is 0.0103. The van der Waals surface area contributed by atoms with E-state index in [0.29, 0.717) is 23.6 Å². The van der Waals surface area contributed by atoms with Crippen molar-refractivity contribution in [1.82, 2.24) is 24.6 Å². The third kappa shape index (κ3) is 3.24. The molecule has 2 heterocycles. The predicted molar refractivity (Wildman–Crippen MR) is 98.1 cm³/mol. The second kappa shape index (κ2) is 7.11. The molecule has 1 aliphatic carbocycles. The molecular weight excluding hydrogens is 330 g/mol. The van der Waals surface area contributed by atoms with E-state index >= 15 is 0 Å². The summed E-state index contributed by atoms with van der Waals surface area (Å²) in [6, 6.07) is 9.86. The van der Waals surface area contributed by atoms with E-state index in [-0.39, 0.29) is 17.9 Å².